The van der Waals surface area contributed by atoms with Gasteiger partial charge in [-0.05, 0) is 19.9 Å². The number of anilines is 1. The smallest absolute Gasteiger partial charge is 0.359 e. The lowest BCUT2D eigenvalue weighted by Crippen LogP contribution is -2.14. The number of esters is 1. The van der Waals surface area contributed by atoms with E-state index >= 15 is 0 Å². The largest absolute Gasteiger partial charge is 0.456 e. The van der Waals surface area contributed by atoms with Crippen molar-refractivity contribution in [1.29, 1.82) is 5.26 Å². The number of ether oxygens (including phenoxy) is 1. The van der Waals surface area contributed by atoms with E-state index < -0.39 is 5.97 Å². The van der Waals surface area contributed by atoms with Crippen LogP contribution < -0.4 is 5.73 Å². The zero-order valence-corrected chi connectivity index (χ0v) is 11.8. The predicted octanol–water partition coefficient (Wildman–Crippen LogP) is 1.42. The van der Waals surface area contributed by atoms with E-state index in [1.165, 1.54) is 10.9 Å². The first-order valence-corrected chi connectivity index (χ1v) is 6.42. The molecule has 7 nitrogen and oxygen atoms in total. The van der Waals surface area contributed by atoms with Crippen LogP contribution in [0.1, 0.15) is 34.4 Å². The number of carbonyl (C=O) groups is 1. The van der Waals surface area contributed by atoms with E-state index in [9.17, 15) is 4.79 Å². The van der Waals surface area contributed by atoms with Crippen molar-refractivity contribution in [3.8, 4) is 6.07 Å². The first-order chi connectivity index (χ1) is 10.1. The average Bonchev–Trinajstić information content (AvgIpc) is 2.80. The number of pyridine rings is 1. The van der Waals surface area contributed by atoms with Crippen molar-refractivity contribution < 1.29 is 9.53 Å². The fourth-order valence-corrected chi connectivity index (χ4v) is 1.91. The van der Waals surface area contributed by atoms with Crippen molar-refractivity contribution in [2.24, 2.45) is 0 Å². The molecule has 7 heteroatoms. The summed E-state index contributed by atoms with van der Waals surface area (Å²) in [4.78, 5) is 16.1. The Balaban J connectivity index is 2.18. The summed E-state index contributed by atoms with van der Waals surface area (Å²) in [5.41, 5.74) is 7.77. The number of aryl methyl sites for hydroxylation is 2. The van der Waals surface area contributed by atoms with Crippen molar-refractivity contribution in [3.63, 3.8) is 0 Å². The van der Waals surface area contributed by atoms with Crippen molar-refractivity contribution in [3.05, 3.63) is 41.0 Å². The Bertz CT molecular complexity index is 715. The Labute approximate surface area is 122 Å². The van der Waals surface area contributed by atoms with Gasteiger partial charge >= 0.3 is 5.97 Å². The van der Waals surface area contributed by atoms with E-state index in [0.717, 1.165) is 0 Å². The highest BCUT2D eigenvalue weighted by Crippen LogP contribution is 2.18. The summed E-state index contributed by atoms with van der Waals surface area (Å²) in [6, 6.07) is 5.32. The average molecular weight is 285 g/mol. The van der Waals surface area contributed by atoms with Gasteiger partial charge in [0.25, 0.3) is 0 Å². The monoisotopic (exact) mass is 285 g/mol. The summed E-state index contributed by atoms with van der Waals surface area (Å²) in [5.74, 6) is -0.567. The number of nitrogens with zero attached hydrogens (tertiary/aromatic N) is 4. The van der Waals surface area contributed by atoms with Crippen LogP contribution in [0.15, 0.2) is 18.3 Å². The molecule has 0 aliphatic rings. The molecule has 0 saturated carbocycles. The fraction of sp³-hybridized carbons (Fsp3) is 0.286. The molecule has 2 N–H and O–H groups in total. The third-order valence-corrected chi connectivity index (χ3v) is 3.02. The van der Waals surface area contributed by atoms with Crippen LogP contribution in [0.4, 0.5) is 5.69 Å². The molecular formula is C14H15N5O2. The molecule has 2 rings (SSSR count). The van der Waals surface area contributed by atoms with Crippen molar-refractivity contribution in [2.45, 2.75) is 27.0 Å². The molecule has 0 radical (unpaired) electrons. The second kappa shape index (κ2) is 6.05. The lowest BCUT2D eigenvalue weighted by molar-refractivity contribution is 0.0459. The maximum atomic E-state index is 12.2. The van der Waals surface area contributed by atoms with Gasteiger partial charge < -0.3 is 10.5 Å². The summed E-state index contributed by atoms with van der Waals surface area (Å²) in [6.45, 7) is 4.06. The van der Waals surface area contributed by atoms with E-state index in [-0.39, 0.29) is 18.0 Å². The number of aromatic nitrogens is 3. The number of hydrogen-bond acceptors (Lipinski definition) is 6. The van der Waals surface area contributed by atoms with E-state index in [4.69, 9.17) is 15.7 Å². The van der Waals surface area contributed by atoms with Gasteiger partial charge in [-0.1, -0.05) is 6.07 Å². The normalized spacial score (nSPS) is 10.1. The third kappa shape index (κ3) is 2.84. The van der Waals surface area contributed by atoms with Crippen LogP contribution >= 0.6 is 0 Å². The van der Waals surface area contributed by atoms with E-state index in [0.29, 0.717) is 23.5 Å². The van der Waals surface area contributed by atoms with Gasteiger partial charge in [-0.25, -0.2) is 9.78 Å². The van der Waals surface area contributed by atoms with Crippen LogP contribution in [0.3, 0.4) is 0 Å². The first kappa shape index (κ1) is 14.5. The number of rotatable bonds is 4. The van der Waals surface area contributed by atoms with Crippen LogP contribution in [-0.4, -0.2) is 20.7 Å². The molecule has 0 saturated heterocycles. The summed E-state index contributed by atoms with van der Waals surface area (Å²) >= 11 is 0. The second-order valence-electron chi connectivity index (χ2n) is 4.36. The summed E-state index contributed by atoms with van der Waals surface area (Å²) in [6.07, 6.45) is 1.51. The van der Waals surface area contributed by atoms with Gasteiger partial charge in [0.05, 0.1) is 11.4 Å². The van der Waals surface area contributed by atoms with Crippen LogP contribution in [0.25, 0.3) is 0 Å². The molecule has 0 bridgehead atoms. The third-order valence-electron chi connectivity index (χ3n) is 3.02. The van der Waals surface area contributed by atoms with Crippen molar-refractivity contribution in [1.82, 2.24) is 14.8 Å². The van der Waals surface area contributed by atoms with Crippen molar-refractivity contribution >= 4 is 11.7 Å². The molecule has 2 heterocycles. The molecule has 0 unspecified atom stereocenters. The maximum Gasteiger partial charge on any atom is 0.359 e. The molecule has 21 heavy (non-hydrogen) atoms. The Morgan fingerprint density at radius 1 is 1.57 bits per heavy atom. The lowest BCUT2D eigenvalue weighted by Gasteiger charge is -2.07. The van der Waals surface area contributed by atoms with Gasteiger partial charge in [0.15, 0.2) is 5.69 Å². The highest BCUT2D eigenvalue weighted by atomic mass is 16.5. The van der Waals surface area contributed by atoms with E-state index in [1.54, 1.807) is 19.1 Å². The van der Waals surface area contributed by atoms with Gasteiger partial charge in [0.2, 0.25) is 0 Å². The molecule has 0 aliphatic carbocycles. The van der Waals surface area contributed by atoms with Crippen LogP contribution in [0.5, 0.6) is 0 Å². The zero-order valence-electron chi connectivity index (χ0n) is 11.8. The predicted molar refractivity (Wildman–Crippen MR) is 75.1 cm³/mol. The minimum absolute atomic E-state index is 0.0387. The number of hydrogen-bond donors (Lipinski definition) is 1. The molecule has 0 amide bonds. The number of nitrogens with two attached hydrogens (primary N) is 1. The molecule has 0 fully saturated rings. The van der Waals surface area contributed by atoms with Gasteiger partial charge in [-0.2, -0.15) is 10.4 Å². The van der Waals surface area contributed by atoms with Gasteiger partial charge in [0.1, 0.15) is 18.4 Å². The van der Waals surface area contributed by atoms with Gasteiger partial charge in [-0.3, -0.25) is 4.68 Å². The van der Waals surface area contributed by atoms with Crippen LogP contribution in [0.2, 0.25) is 0 Å². The summed E-state index contributed by atoms with van der Waals surface area (Å²) in [5, 5.41) is 13.1. The van der Waals surface area contributed by atoms with Gasteiger partial charge in [-0.15, -0.1) is 0 Å². The highest BCUT2D eigenvalue weighted by molar-refractivity contribution is 5.93. The summed E-state index contributed by atoms with van der Waals surface area (Å²) < 4.78 is 6.72. The number of nitriles is 1. The second-order valence-corrected chi connectivity index (χ2v) is 4.36. The Kier molecular flexibility index (Phi) is 4.18. The fourth-order valence-electron chi connectivity index (χ4n) is 1.91. The SMILES string of the molecule is CCn1nc(C)c(N)c1C(=O)OCc1cccnc1C#N. The van der Waals surface area contributed by atoms with E-state index in [2.05, 4.69) is 10.1 Å². The topological polar surface area (TPSA) is 107 Å². The molecule has 0 aliphatic heterocycles. The number of nitrogen functional groups attached to an aromatic ring is 1. The zero-order chi connectivity index (χ0) is 15.4. The Morgan fingerprint density at radius 3 is 3.00 bits per heavy atom. The molecule has 2 aromatic heterocycles. The molecule has 0 spiro atoms. The molecule has 0 atom stereocenters. The summed E-state index contributed by atoms with van der Waals surface area (Å²) in [7, 11) is 0. The Hall–Kier alpha value is -2.88. The highest BCUT2D eigenvalue weighted by Gasteiger charge is 2.20. The molecule has 2 aromatic rings. The molecule has 108 valence electrons. The van der Waals surface area contributed by atoms with Crippen LogP contribution in [-0.2, 0) is 17.9 Å². The minimum atomic E-state index is -0.567. The minimum Gasteiger partial charge on any atom is -0.456 e. The lowest BCUT2D eigenvalue weighted by atomic mass is 10.2. The van der Waals surface area contributed by atoms with Crippen LogP contribution in [0, 0.1) is 18.3 Å². The van der Waals surface area contributed by atoms with Crippen molar-refractivity contribution in [2.75, 3.05) is 5.73 Å². The molecular weight excluding hydrogens is 270 g/mol. The standard InChI is InChI=1S/C14H15N5O2/c1-3-19-13(12(16)9(2)18-19)14(20)21-8-10-5-4-6-17-11(10)7-15/h4-6H,3,8,16H2,1-2H3. The maximum absolute atomic E-state index is 12.2. The quantitative estimate of drug-likeness (QED) is 0.851. The molecule has 0 aromatic carbocycles. The number of carbonyl (C=O) groups excluding carboxylic acids is 1. The Morgan fingerprint density at radius 2 is 2.33 bits per heavy atom. The van der Waals surface area contributed by atoms with E-state index in [1.807, 2.05) is 13.0 Å². The first-order valence-electron chi connectivity index (χ1n) is 6.42. The van der Waals surface area contributed by atoms with Gasteiger partial charge in [0, 0.05) is 18.3 Å².